The Bertz CT molecular complexity index is 4.00. The predicted molar refractivity (Wildman–Crippen MR) is 0 cm³/mol. The molecule has 0 aromatic carbocycles. The number of hydrogen-bond donors (Lipinski definition) is 0. The van der Waals surface area contributed by atoms with Crippen molar-refractivity contribution in [1.82, 2.24) is 0 Å². The minimum atomic E-state index is 0. The molecular formula is I2Rb2. The zero-order chi connectivity index (χ0) is 0. The molecular weight excluding hydrogens is 425 g/mol. The van der Waals surface area contributed by atoms with Gasteiger partial charge in [0.2, 0.25) is 0 Å². The van der Waals surface area contributed by atoms with Crippen LogP contribution in [0.1, 0.15) is 0 Å². The van der Waals surface area contributed by atoms with Gasteiger partial charge in [-0.05, 0) is 0 Å². The van der Waals surface area contributed by atoms with E-state index in [9.17, 15) is 0 Å². The van der Waals surface area contributed by atoms with Crippen molar-refractivity contribution in [1.29, 1.82) is 0 Å². The third-order valence-electron chi connectivity index (χ3n) is 0. The summed E-state index contributed by atoms with van der Waals surface area (Å²) in [6.45, 7) is 0. The van der Waals surface area contributed by atoms with Gasteiger partial charge in [-0.15, -0.1) is 0 Å². The molecule has 0 heterocycles. The number of hydrogen-bond acceptors (Lipinski definition) is 0. The van der Waals surface area contributed by atoms with Crippen molar-refractivity contribution in [3.63, 3.8) is 0 Å². The number of rotatable bonds is 0. The molecule has 0 unspecified atom stereocenters. The van der Waals surface area contributed by atoms with Crippen molar-refractivity contribution >= 4 is 0 Å². The Kier molecular flexibility index (Phi) is 90.2. The Morgan fingerprint density at radius 2 is 0.500 bits per heavy atom. The summed E-state index contributed by atoms with van der Waals surface area (Å²) in [6.07, 6.45) is 0. The topological polar surface area (TPSA) is 0 Å². The van der Waals surface area contributed by atoms with Crippen molar-refractivity contribution in [3.05, 3.63) is 0 Å². The second-order valence-corrected chi connectivity index (χ2v) is 0. The maximum absolute atomic E-state index is 0. The number of halogens is 2. The molecule has 0 aliphatic rings. The van der Waals surface area contributed by atoms with E-state index < -0.39 is 0 Å². The molecule has 0 aliphatic carbocycles. The molecule has 4 heteroatoms. The van der Waals surface area contributed by atoms with E-state index >= 15 is 0 Å². The van der Waals surface area contributed by atoms with Gasteiger partial charge in [0, 0.05) is 0 Å². The fraction of sp³-hybridized carbons (Fsp3) is 0. The van der Waals surface area contributed by atoms with Crippen LogP contribution in [-0.4, -0.2) is 0 Å². The van der Waals surface area contributed by atoms with Gasteiger partial charge in [-0.1, -0.05) is 0 Å². The molecule has 16 valence electrons. The molecule has 0 aromatic heterocycles. The molecule has 0 aliphatic heterocycles. The summed E-state index contributed by atoms with van der Waals surface area (Å²) in [7, 11) is 0. The normalized spacial score (nSPS) is 0. The minimum absolute atomic E-state index is 0. The third kappa shape index (κ3) is 10.1. The maximum atomic E-state index is 0. The summed E-state index contributed by atoms with van der Waals surface area (Å²) < 4.78 is 0. The monoisotopic (exact) mass is 424 g/mol. The molecule has 0 rings (SSSR count). The Labute approximate surface area is 158 Å². The largest absolute Gasteiger partial charge is 1.00 e. The predicted octanol–water partition coefficient (Wildman–Crippen LogP) is -12.0. The van der Waals surface area contributed by atoms with E-state index in [1.807, 2.05) is 0 Å². The molecule has 0 atom stereocenters. The fourth-order valence-electron chi connectivity index (χ4n) is 0. The van der Waals surface area contributed by atoms with Crippen LogP contribution >= 0.6 is 0 Å². The van der Waals surface area contributed by atoms with Gasteiger partial charge in [0.25, 0.3) is 0 Å². The van der Waals surface area contributed by atoms with Crippen molar-refractivity contribution < 1.29 is 164 Å². The molecule has 0 spiro atoms. The van der Waals surface area contributed by atoms with Gasteiger partial charge in [0.05, 0.1) is 0 Å². The Morgan fingerprint density at radius 3 is 0.500 bits per heavy atom. The molecule has 0 bridgehead atoms. The molecule has 0 aromatic rings. The third-order valence-corrected chi connectivity index (χ3v) is 0. The first-order valence-electron chi connectivity index (χ1n) is 0. The van der Waals surface area contributed by atoms with Crippen molar-refractivity contribution in [3.8, 4) is 0 Å². The second kappa shape index (κ2) is 15.7. The molecule has 0 saturated carbocycles. The summed E-state index contributed by atoms with van der Waals surface area (Å²) in [6, 6.07) is 0. The SMILES string of the molecule is [I-].[I-].[Rb+].[Rb+]. The standard InChI is InChI=1S/2HI.2Rb/h2*1H;;/q;;2*+1/p-2. The van der Waals surface area contributed by atoms with E-state index in [2.05, 4.69) is 0 Å². The van der Waals surface area contributed by atoms with Gasteiger partial charge in [-0.3, -0.25) is 0 Å². The van der Waals surface area contributed by atoms with Crippen LogP contribution in [0.3, 0.4) is 0 Å². The van der Waals surface area contributed by atoms with E-state index in [1.54, 1.807) is 0 Å². The van der Waals surface area contributed by atoms with Gasteiger partial charge >= 0.3 is 116 Å². The molecule has 0 amide bonds. The van der Waals surface area contributed by atoms with E-state index in [0.717, 1.165) is 0 Å². The van der Waals surface area contributed by atoms with Crippen LogP contribution < -0.4 is 164 Å². The Morgan fingerprint density at radius 1 is 0.500 bits per heavy atom. The van der Waals surface area contributed by atoms with Crippen molar-refractivity contribution in [2.45, 2.75) is 0 Å². The van der Waals surface area contributed by atoms with Gasteiger partial charge in [-0.25, -0.2) is 0 Å². The van der Waals surface area contributed by atoms with Gasteiger partial charge < -0.3 is 48.0 Å². The van der Waals surface area contributed by atoms with Crippen LogP contribution in [0.4, 0.5) is 0 Å². The van der Waals surface area contributed by atoms with E-state index in [-0.39, 0.29) is 164 Å². The summed E-state index contributed by atoms with van der Waals surface area (Å²) in [5.41, 5.74) is 0. The molecule has 0 radical (unpaired) electrons. The van der Waals surface area contributed by atoms with Gasteiger partial charge in [0.1, 0.15) is 0 Å². The van der Waals surface area contributed by atoms with Crippen molar-refractivity contribution in [2.75, 3.05) is 0 Å². The Balaban J connectivity index is 0. The fourth-order valence-corrected chi connectivity index (χ4v) is 0. The smallest absolute Gasteiger partial charge is 1.00 e. The summed E-state index contributed by atoms with van der Waals surface area (Å²) >= 11 is 0. The molecule has 4 heavy (non-hydrogen) atoms. The van der Waals surface area contributed by atoms with Gasteiger partial charge in [-0.2, -0.15) is 0 Å². The van der Waals surface area contributed by atoms with Crippen LogP contribution in [0, 0.1) is 0 Å². The quantitative estimate of drug-likeness (QED) is 0.339. The summed E-state index contributed by atoms with van der Waals surface area (Å²) in [5.74, 6) is 0. The first-order valence-corrected chi connectivity index (χ1v) is 0. The van der Waals surface area contributed by atoms with Crippen molar-refractivity contribution in [2.24, 2.45) is 0 Å². The van der Waals surface area contributed by atoms with Crippen LogP contribution in [0.2, 0.25) is 0 Å². The summed E-state index contributed by atoms with van der Waals surface area (Å²) in [5, 5.41) is 0. The molecule has 0 N–H and O–H groups in total. The molecule has 0 nitrogen and oxygen atoms in total. The molecule has 0 saturated heterocycles. The van der Waals surface area contributed by atoms with E-state index in [4.69, 9.17) is 0 Å². The van der Waals surface area contributed by atoms with E-state index in [0.29, 0.717) is 0 Å². The summed E-state index contributed by atoms with van der Waals surface area (Å²) in [4.78, 5) is 0. The Hall–Kier alpha value is 5.07. The average Bonchev–Trinajstić information content (AvgIpc) is 0. The zero-order valence-electron chi connectivity index (χ0n) is 2.76. The van der Waals surface area contributed by atoms with E-state index in [1.165, 1.54) is 0 Å². The second-order valence-electron chi connectivity index (χ2n) is 0. The van der Waals surface area contributed by atoms with Crippen LogP contribution in [-0.2, 0) is 0 Å². The first-order chi connectivity index (χ1) is 0. The zero-order valence-corrected chi connectivity index (χ0v) is 16.9. The molecule has 0 fully saturated rings. The van der Waals surface area contributed by atoms with Crippen LogP contribution in [0.25, 0.3) is 0 Å². The minimum Gasteiger partial charge on any atom is -1.00 e. The average molecular weight is 425 g/mol. The maximum Gasteiger partial charge on any atom is 1.00 e. The van der Waals surface area contributed by atoms with Gasteiger partial charge in [0.15, 0.2) is 0 Å². The first kappa shape index (κ1) is 23.0. The van der Waals surface area contributed by atoms with Crippen LogP contribution in [0.15, 0.2) is 0 Å². The van der Waals surface area contributed by atoms with Crippen LogP contribution in [0.5, 0.6) is 0 Å².